The van der Waals surface area contributed by atoms with Crippen molar-refractivity contribution in [2.24, 2.45) is 5.73 Å². The zero-order valence-corrected chi connectivity index (χ0v) is 8.77. The lowest BCUT2D eigenvalue weighted by atomic mass is 10.1. The molecule has 0 amide bonds. The van der Waals surface area contributed by atoms with Crippen LogP contribution in [0.5, 0.6) is 0 Å². The average Bonchev–Trinajstić information content (AvgIpc) is 2.07. The molecule has 0 aliphatic rings. The molecule has 2 N–H and O–H groups in total. The van der Waals surface area contributed by atoms with Crippen LogP contribution in [0.15, 0.2) is 28.7 Å². The van der Waals surface area contributed by atoms with Crippen molar-refractivity contribution in [3.05, 3.63) is 34.3 Å². The predicted molar refractivity (Wildman–Crippen MR) is 51.9 cm³/mol. The van der Waals surface area contributed by atoms with E-state index in [1.807, 2.05) is 0 Å². The minimum atomic E-state index is -4.34. The van der Waals surface area contributed by atoms with Crippen molar-refractivity contribution in [3.63, 3.8) is 0 Å². The Hall–Kier alpha value is -0.550. The van der Waals surface area contributed by atoms with Gasteiger partial charge in [-0.1, -0.05) is 34.1 Å². The second-order valence-corrected chi connectivity index (χ2v) is 3.80. The highest BCUT2D eigenvalue weighted by Gasteiger charge is 2.36. The van der Waals surface area contributed by atoms with Gasteiger partial charge in [0.15, 0.2) is 0 Å². The fourth-order valence-corrected chi connectivity index (χ4v) is 1.46. The highest BCUT2D eigenvalue weighted by atomic mass is 79.9. The van der Waals surface area contributed by atoms with Gasteiger partial charge in [-0.05, 0) is 18.1 Å². The number of hydrogen-bond acceptors (Lipinski definition) is 1. The lowest BCUT2D eigenvalue weighted by Gasteiger charge is -2.15. The van der Waals surface area contributed by atoms with Gasteiger partial charge in [0.1, 0.15) is 6.04 Å². The molecule has 1 aromatic rings. The standard InChI is InChI=1S/C9H9BrF3N/c10-7-4-2-1-3-6(7)5-8(14)9(11,12)13/h1-4,8H,5,14H2/t8-/m0/s1. The summed E-state index contributed by atoms with van der Waals surface area (Å²) in [4.78, 5) is 0. The van der Waals surface area contributed by atoms with E-state index in [4.69, 9.17) is 5.73 Å². The molecule has 1 nitrogen and oxygen atoms in total. The lowest BCUT2D eigenvalue weighted by Crippen LogP contribution is -2.39. The van der Waals surface area contributed by atoms with E-state index in [0.29, 0.717) is 10.0 Å². The molecule has 0 aliphatic carbocycles. The van der Waals surface area contributed by atoms with Crippen molar-refractivity contribution in [3.8, 4) is 0 Å². The van der Waals surface area contributed by atoms with Gasteiger partial charge < -0.3 is 5.73 Å². The molecule has 0 saturated heterocycles. The molecule has 14 heavy (non-hydrogen) atoms. The average molecular weight is 268 g/mol. The van der Waals surface area contributed by atoms with Crippen LogP contribution in [-0.2, 0) is 6.42 Å². The Balaban J connectivity index is 2.75. The van der Waals surface area contributed by atoms with Crippen LogP contribution in [0, 0.1) is 0 Å². The molecule has 1 aromatic carbocycles. The van der Waals surface area contributed by atoms with E-state index in [0.717, 1.165) is 0 Å². The van der Waals surface area contributed by atoms with E-state index < -0.39 is 12.2 Å². The molecule has 1 rings (SSSR count). The summed E-state index contributed by atoms with van der Waals surface area (Å²) in [7, 11) is 0. The first kappa shape index (κ1) is 11.5. The van der Waals surface area contributed by atoms with E-state index in [-0.39, 0.29) is 6.42 Å². The summed E-state index contributed by atoms with van der Waals surface area (Å²) < 4.78 is 37.0. The Morgan fingerprint density at radius 3 is 2.36 bits per heavy atom. The van der Waals surface area contributed by atoms with Gasteiger partial charge in [0.2, 0.25) is 0 Å². The highest BCUT2D eigenvalue weighted by molar-refractivity contribution is 9.10. The van der Waals surface area contributed by atoms with Crippen LogP contribution in [0.25, 0.3) is 0 Å². The molecular formula is C9H9BrF3N. The Kier molecular flexibility index (Phi) is 3.55. The molecule has 0 aromatic heterocycles. The molecule has 0 radical (unpaired) electrons. The molecule has 5 heteroatoms. The number of nitrogens with two attached hydrogens (primary N) is 1. The molecule has 0 heterocycles. The molecule has 0 unspecified atom stereocenters. The summed E-state index contributed by atoms with van der Waals surface area (Å²) in [5.41, 5.74) is 5.57. The van der Waals surface area contributed by atoms with Crippen molar-refractivity contribution in [1.29, 1.82) is 0 Å². The monoisotopic (exact) mass is 267 g/mol. The minimum absolute atomic E-state index is 0.203. The van der Waals surface area contributed by atoms with Crippen molar-refractivity contribution in [2.75, 3.05) is 0 Å². The van der Waals surface area contributed by atoms with Crippen LogP contribution in [0.4, 0.5) is 13.2 Å². The van der Waals surface area contributed by atoms with Gasteiger partial charge in [0.25, 0.3) is 0 Å². The third-order valence-corrected chi connectivity index (χ3v) is 2.59. The Morgan fingerprint density at radius 1 is 1.29 bits per heavy atom. The largest absolute Gasteiger partial charge is 0.403 e. The number of hydrogen-bond donors (Lipinski definition) is 1. The quantitative estimate of drug-likeness (QED) is 0.876. The van der Waals surface area contributed by atoms with E-state index in [2.05, 4.69) is 15.9 Å². The third-order valence-electron chi connectivity index (χ3n) is 1.82. The smallest absolute Gasteiger partial charge is 0.320 e. The molecule has 0 saturated carbocycles. The topological polar surface area (TPSA) is 26.0 Å². The fraction of sp³-hybridized carbons (Fsp3) is 0.333. The van der Waals surface area contributed by atoms with Crippen LogP contribution in [-0.4, -0.2) is 12.2 Å². The summed E-state index contributed by atoms with van der Waals surface area (Å²) in [6.45, 7) is 0. The zero-order valence-electron chi connectivity index (χ0n) is 7.18. The third kappa shape index (κ3) is 2.99. The SMILES string of the molecule is N[C@@H](Cc1ccccc1Br)C(F)(F)F. The predicted octanol–water partition coefficient (Wildman–Crippen LogP) is 2.88. The van der Waals surface area contributed by atoms with E-state index >= 15 is 0 Å². The molecular weight excluding hydrogens is 259 g/mol. The van der Waals surface area contributed by atoms with E-state index in [1.165, 1.54) is 0 Å². The van der Waals surface area contributed by atoms with Gasteiger partial charge in [0, 0.05) is 4.47 Å². The maximum Gasteiger partial charge on any atom is 0.403 e. The zero-order chi connectivity index (χ0) is 10.8. The van der Waals surface area contributed by atoms with E-state index in [1.54, 1.807) is 24.3 Å². The first-order valence-electron chi connectivity index (χ1n) is 3.97. The van der Waals surface area contributed by atoms with Gasteiger partial charge in [0.05, 0.1) is 0 Å². The Labute approximate surface area is 88.2 Å². The normalized spacial score (nSPS) is 14.1. The summed E-state index contributed by atoms with van der Waals surface area (Å²) in [5.74, 6) is 0. The first-order chi connectivity index (χ1) is 6.41. The molecule has 0 bridgehead atoms. The van der Waals surface area contributed by atoms with Gasteiger partial charge in [-0.2, -0.15) is 13.2 Å². The van der Waals surface area contributed by atoms with Crippen molar-refractivity contribution in [1.82, 2.24) is 0 Å². The summed E-state index contributed by atoms with van der Waals surface area (Å²) in [6, 6.07) is 4.94. The number of rotatable bonds is 2. The summed E-state index contributed by atoms with van der Waals surface area (Å²) in [6.07, 6.45) is -4.54. The summed E-state index contributed by atoms with van der Waals surface area (Å²) >= 11 is 3.17. The van der Waals surface area contributed by atoms with Gasteiger partial charge in [-0.15, -0.1) is 0 Å². The van der Waals surface area contributed by atoms with Crippen LogP contribution in [0.3, 0.4) is 0 Å². The summed E-state index contributed by atoms with van der Waals surface area (Å²) in [5, 5.41) is 0. The van der Waals surface area contributed by atoms with E-state index in [9.17, 15) is 13.2 Å². The molecule has 78 valence electrons. The highest BCUT2D eigenvalue weighted by Crippen LogP contribution is 2.24. The number of benzene rings is 1. The molecule has 0 spiro atoms. The van der Waals surface area contributed by atoms with Crippen LogP contribution in [0.1, 0.15) is 5.56 Å². The molecule has 0 aliphatic heterocycles. The van der Waals surface area contributed by atoms with Gasteiger partial charge >= 0.3 is 6.18 Å². The minimum Gasteiger partial charge on any atom is -0.320 e. The maximum absolute atomic E-state index is 12.1. The second-order valence-electron chi connectivity index (χ2n) is 2.94. The van der Waals surface area contributed by atoms with Crippen molar-refractivity contribution < 1.29 is 13.2 Å². The Morgan fingerprint density at radius 2 is 1.86 bits per heavy atom. The lowest BCUT2D eigenvalue weighted by molar-refractivity contribution is -0.147. The van der Waals surface area contributed by atoms with Crippen molar-refractivity contribution >= 4 is 15.9 Å². The van der Waals surface area contributed by atoms with Crippen LogP contribution >= 0.6 is 15.9 Å². The second kappa shape index (κ2) is 4.31. The van der Waals surface area contributed by atoms with Crippen LogP contribution < -0.4 is 5.73 Å². The van der Waals surface area contributed by atoms with Gasteiger partial charge in [-0.25, -0.2) is 0 Å². The number of alkyl halides is 3. The van der Waals surface area contributed by atoms with Gasteiger partial charge in [-0.3, -0.25) is 0 Å². The number of halogens is 4. The maximum atomic E-state index is 12.1. The van der Waals surface area contributed by atoms with Crippen LogP contribution in [0.2, 0.25) is 0 Å². The fourth-order valence-electron chi connectivity index (χ4n) is 1.02. The first-order valence-corrected chi connectivity index (χ1v) is 4.76. The molecule has 0 fully saturated rings. The Bertz CT molecular complexity index is 311. The van der Waals surface area contributed by atoms with Crippen molar-refractivity contribution in [2.45, 2.75) is 18.6 Å². The molecule has 1 atom stereocenters.